The molecule has 0 spiro atoms. The maximum atomic E-state index is 5.46. The Balaban J connectivity index is 0.000001000. The maximum absolute atomic E-state index is 5.46. The van der Waals surface area contributed by atoms with E-state index in [0.717, 1.165) is 11.3 Å². The first-order valence-corrected chi connectivity index (χ1v) is 3.38. The Bertz CT molecular complexity index is 175. The molecule has 0 atom stereocenters. The van der Waals surface area contributed by atoms with Gasteiger partial charge in [0.1, 0.15) is 0 Å². The number of hydrogen-bond donors (Lipinski definition) is 0. The molecule has 0 bridgehead atoms. The quantitative estimate of drug-likeness (QED) is 0.419. The van der Waals surface area contributed by atoms with E-state index >= 15 is 0 Å². The third kappa shape index (κ3) is 3.12. The van der Waals surface area contributed by atoms with Crippen molar-refractivity contribution in [2.24, 2.45) is 0 Å². The minimum atomic E-state index is 0. The number of hydrogen-bond acceptors (Lipinski definition) is 1. The van der Waals surface area contributed by atoms with Gasteiger partial charge < -0.3 is 4.74 Å². The number of methoxy groups -OCH3 is 1. The molecule has 0 aliphatic carbocycles. The molecule has 0 radical (unpaired) electrons. The van der Waals surface area contributed by atoms with Crippen LogP contribution in [-0.4, -0.2) is 7.11 Å². The van der Waals surface area contributed by atoms with Crippen LogP contribution in [0, 0.1) is 5.88 Å². The molecular formula is C8H8ClLiO. The molecule has 0 heterocycles. The summed E-state index contributed by atoms with van der Waals surface area (Å²) in [5.41, 5.74) is 0.988. The van der Waals surface area contributed by atoms with Crippen LogP contribution in [0.15, 0.2) is 24.3 Å². The second kappa shape index (κ2) is 5.43. The van der Waals surface area contributed by atoms with Crippen molar-refractivity contribution >= 4 is 11.6 Å². The molecule has 3 heteroatoms. The van der Waals surface area contributed by atoms with Crippen molar-refractivity contribution in [2.45, 2.75) is 0 Å². The molecule has 0 N–H and O–H groups in total. The minimum Gasteiger partial charge on any atom is -0.499 e. The van der Waals surface area contributed by atoms with Crippen LogP contribution < -0.4 is 23.6 Å². The third-order valence-electron chi connectivity index (χ3n) is 1.24. The summed E-state index contributed by atoms with van der Waals surface area (Å²) in [7, 11) is 1.64. The molecule has 1 nitrogen and oxygen atoms in total. The smallest absolute Gasteiger partial charge is 0.499 e. The summed E-state index contributed by atoms with van der Waals surface area (Å²) in [6.45, 7) is 0. The molecule has 0 saturated heterocycles. The Kier molecular flexibility index (Phi) is 5.32. The van der Waals surface area contributed by atoms with Gasteiger partial charge in [-0.05, 0) is 0 Å². The van der Waals surface area contributed by atoms with Crippen molar-refractivity contribution in [2.75, 3.05) is 7.11 Å². The third-order valence-corrected chi connectivity index (χ3v) is 1.49. The standard InChI is InChI=1S/C8H8ClO.Li/c1-10-8-4-2-7(6-9)3-5-8;/h2-6H,1H3;/q-1;+1. The summed E-state index contributed by atoms with van der Waals surface area (Å²) < 4.78 is 4.96. The van der Waals surface area contributed by atoms with E-state index in [0.29, 0.717) is 0 Å². The SMILES string of the molecule is COc1ccc([CH-]Cl)cc1.[Li+]. The van der Waals surface area contributed by atoms with E-state index in [9.17, 15) is 0 Å². The van der Waals surface area contributed by atoms with Gasteiger partial charge in [-0.2, -0.15) is 29.3 Å². The average Bonchev–Trinajstić information content (AvgIpc) is 2.05. The van der Waals surface area contributed by atoms with Gasteiger partial charge in [0.25, 0.3) is 0 Å². The Morgan fingerprint density at radius 1 is 1.27 bits per heavy atom. The molecule has 1 rings (SSSR count). The number of rotatable bonds is 2. The fourth-order valence-electron chi connectivity index (χ4n) is 0.677. The van der Waals surface area contributed by atoms with Crippen LogP contribution in [-0.2, 0) is 0 Å². The van der Waals surface area contributed by atoms with E-state index < -0.39 is 0 Å². The number of benzene rings is 1. The normalized spacial score (nSPS) is 8.18. The Labute approximate surface area is 83.9 Å². The Morgan fingerprint density at radius 3 is 2.18 bits per heavy atom. The zero-order valence-electron chi connectivity index (χ0n) is 6.67. The van der Waals surface area contributed by atoms with Gasteiger partial charge in [0.2, 0.25) is 0 Å². The molecule has 0 aliphatic heterocycles. The largest absolute Gasteiger partial charge is 1.00 e. The maximum Gasteiger partial charge on any atom is 1.00 e. The van der Waals surface area contributed by atoms with E-state index in [1.165, 1.54) is 5.88 Å². The molecule has 1 aromatic carbocycles. The van der Waals surface area contributed by atoms with Crippen LogP contribution in [0.3, 0.4) is 0 Å². The second-order valence-corrected chi connectivity index (χ2v) is 2.10. The van der Waals surface area contributed by atoms with Gasteiger partial charge in [0, 0.05) is 0 Å². The van der Waals surface area contributed by atoms with Gasteiger partial charge in [0.15, 0.2) is 0 Å². The fraction of sp³-hybridized carbons (Fsp3) is 0.125. The van der Waals surface area contributed by atoms with Gasteiger partial charge in [-0.15, -0.1) is 0 Å². The van der Waals surface area contributed by atoms with Gasteiger partial charge in [-0.1, -0.05) is 18.0 Å². The molecule has 0 amide bonds. The van der Waals surface area contributed by atoms with Crippen LogP contribution in [0.4, 0.5) is 0 Å². The molecule has 0 aromatic heterocycles. The van der Waals surface area contributed by atoms with E-state index in [2.05, 4.69) is 0 Å². The summed E-state index contributed by atoms with van der Waals surface area (Å²) in [6.07, 6.45) is 0. The van der Waals surface area contributed by atoms with Gasteiger partial charge in [-0.25, -0.2) is 0 Å². The van der Waals surface area contributed by atoms with Crippen LogP contribution in [0.5, 0.6) is 5.75 Å². The van der Waals surface area contributed by atoms with Crippen LogP contribution in [0.2, 0.25) is 0 Å². The molecule has 0 aliphatic rings. The molecule has 0 fully saturated rings. The molecule has 0 unspecified atom stereocenters. The van der Waals surface area contributed by atoms with Crippen molar-refractivity contribution in [1.29, 1.82) is 0 Å². The number of ether oxygens (including phenoxy) is 1. The van der Waals surface area contributed by atoms with Crippen molar-refractivity contribution < 1.29 is 23.6 Å². The monoisotopic (exact) mass is 162 g/mol. The molecule has 1 aromatic rings. The summed E-state index contributed by atoms with van der Waals surface area (Å²) in [4.78, 5) is 0. The van der Waals surface area contributed by atoms with Crippen molar-refractivity contribution in [3.8, 4) is 5.75 Å². The average molecular weight is 163 g/mol. The summed E-state index contributed by atoms with van der Waals surface area (Å²) in [5.74, 6) is 2.38. The minimum absolute atomic E-state index is 0. The van der Waals surface area contributed by atoms with Gasteiger partial charge >= 0.3 is 18.9 Å². The topological polar surface area (TPSA) is 9.23 Å². The molecular weight excluding hydrogens is 154 g/mol. The van der Waals surface area contributed by atoms with Crippen molar-refractivity contribution in [1.82, 2.24) is 0 Å². The molecule has 11 heavy (non-hydrogen) atoms. The van der Waals surface area contributed by atoms with Gasteiger partial charge in [0.05, 0.1) is 12.9 Å². The molecule has 54 valence electrons. The van der Waals surface area contributed by atoms with E-state index in [1.54, 1.807) is 7.11 Å². The van der Waals surface area contributed by atoms with Crippen LogP contribution in [0.25, 0.3) is 0 Å². The zero-order valence-corrected chi connectivity index (χ0v) is 7.43. The summed E-state index contributed by atoms with van der Waals surface area (Å²) in [6, 6.07) is 7.53. The van der Waals surface area contributed by atoms with E-state index in [-0.39, 0.29) is 18.9 Å². The first kappa shape index (κ1) is 10.8. The first-order chi connectivity index (χ1) is 4.86. The van der Waals surface area contributed by atoms with E-state index in [1.807, 2.05) is 24.3 Å². The Hall–Kier alpha value is -0.223. The summed E-state index contributed by atoms with van der Waals surface area (Å²) >= 11 is 5.46. The predicted molar refractivity (Wildman–Crippen MR) is 42.2 cm³/mol. The van der Waals surface area contributed by atoms with E-state index in [4.69, 9.17) is 16.3 Å². The van der Waals surface area contributed by atoms with Gasteiger partial charge in [-0.3, -0.25) is 0 Å². The Morgan fingerprint density at radius 2 is 1.82 bits per heavy atom. The fourth-order valence-corrected chi connectivity index (χ4v) is 0.822. The van der Waals surface area contributed by atoms with Crippen LogP contribution in [0.1, 0.15) is 5.56 Å². The molecule has 0 saturated carbocycles. The van der Waals surface area contributed by atoms with Crippen LogP contribution >= 0.6 is 11.6 Å². The predicted octanol–water partition coefficient (Wildman–Crippen LogP) is -0.552. The zero-order chi connectivity index (χ0) is 7.40. The van der Waals surface area contributed by atoms with Crippen molar-refractivity contribution in [3.63, 3.8) is 0 Å². The van der Waals surface area contributed by atoms with Crippen molar-refractivity contribution in [3.05, 3.63) is 35.7 Å². The first-order valence-electron chi connectivity index (χ1n) is 2.94. The summed E-state index contributed by atoms with van der Waals surface area (Å²) in [5, 5.41) is 0. The number of halogens is 1. The second-order valence-electron chi connectivity index (χ2n) is 1.88.